The van der Waals surface area contributed by atoms with Crippen molar-refractivity contribution in [2.24, 2.45) is 5.92 Å². The van der Waals surface area contributed by atoms with Crippen LogP contribution in [-0.2, 0) is 11.2 Å². The molecule has 1 aromatic rings. The average molecular weight is 267 g/mol. The molecule has 2 N–H and O–H groups in total. The molecule has 2 unspecified atom stereocenters. The maximum absolute atomic E-state index is 13.1. The number of carboxylic acid groups (broad SMARTS) is 1. The van der Waals surface area contributed by atoms with Crippen LogP contribution in [0.1, 0.15) is 19.4 Å². The second kappa shape index (κ2) is 5.57. The summed E-state index contributed by atoms with van der Waals surface area (Å²) >= 11 is 0. The molecule has 0 radical (unpaired) electrons. The first-order chi connectivity index (χ1) is 8.97. The topological polar surface area (TPSA) is 58.6 Å². The Morgan fingerprint density at radius 2 is 2.32 bits per heavy atom. The van der Waals surface area contributed by atoms with Crippen molar-refractivity contribution in [1.29, 1.82) is 0 Å². The summed E-state index contributed by atoms with van der Waals surface area (Å²) in [6.07, 6.45) is 0.460. The van der Waals surface area contributed by atoms with Gasteiger partial charge in [0.1, 0.15) is 23.7 Å². The normalized spacial score (nSPS) is 19.1. The minimum absolute atomic E-state index is 0.00118. The molecule has 0 fully saturated rings. The van der Waals surface area contributed by atoms with Crippen molar-refractivity contribution in [3.8, 4) is 5.75 Å². The van der Waals surface area contributed by atoms with Crippen molar-refractivity contribution >= 4 is 5.97 Å². The lowest BCUT2D eigenvalue weighted by Crippen LogP contribution is -2.45. The van der Waals surface area contributed by atoms with E-state index in [-0.39, 0.29) is 17.8 Å². The molecule has 0 amide bonds. The standard InChI is InChI=1S/C14H18FNO3/c1-8(2)13(14(17)18)16-7-11-6-9-5-10(15)3-4-12(9)19-11/h3-5,8,11,13,16H,6-7H2,1-2H3,(H,17,18). The summed E-state index contributed by atoms with van der Waals surface area (Å²) in [5, 5.41) is 12.1. The van der Waals surface area contributed by atoms with Gasteiger partial charge in [-0.05, 0) is 24.1 Å². The first-order valence-electron chi connectivity index (χ1n) is 6.38. The fraction of sp³-hybridized carbons (Fsp3) is 0.500. The number of hydrogen-bond donors (Lipinski definition) is 2. The number of ether oxygens (including phenoxy) is 1. The molecule has 2 rings (SSSR count). The van der Waals surface area contributed by atoms with Gasteiger partial charge in [-0.2, -0.15) is 0 Å². The summed E-state index contributed by atoms with van der Waals surface area (Å²) in [7, 11) is 0. The third-order valence-electron chi connectivity index (χ3n) is 3.26. The number of benzene rings is 1. The average Bonchev–Trinajstić information content (AvgIpc) is 2.70. The summed E-state index contributed by atoms with van der Waals surface area (Å²) in [6, 6.07) is 3.85. The molecule has 0 aliphatic carbocycles. The van der Waals surface area contributed by atoms with Gasteiger partial charge in [0.2, 0.25) is 0 Å². The van der Waals surface area contributed by atoms with Crippen LogP contribution in [0.4, 0.5) is 4.39 Å². The van der Waals surface area contributed by atoms with Crippen LogP contribution in [0.3, 0.4) is 0 Å². The Bertz CT molecular complexity index is 476. The molecular weight excluding hydrogens is 249 g/mol. The van der Waals surface area contributed by atoms with E-state index in [1.165, 1.54) is 12.1 Å². The van der Waals surface area contributed by atoms with Gasteiger partial charge in [0.25, 0.3) is 0 Å². The van der Waals surface area contributed by atoms with Crippen LogP contribution in [0.15, 0.2) is 18.2 Å². The van der Waals surface area contributed by atoms with Crippen molar-refractivity contribution in [2.75, 3.05) is 6.54 Å². The Kier molecular flexibility index (Phi) is 4.04. The lowest BCUT2D eigenvalue weighted by Gasteiger charge is -2.20. The van der Waals surface area contributed by atoms with Gasteiger partial charge in [0.15, 0.2) is 0 Å². The number of rotatable bonds is 5. The summed E-state index contributed by atoms with van der Waals surface area (Å²) in [5.74, 6) is -0.457. The minimum atomic E-state index is -0.864. The van der Waals surface area contributed by atoms with Crippen LogP contribution in [0, 0.1) is 11.7 Å². The Balaban J connectivity index is 1.92. The zero-order valence-corrected chi connectivity index (χ0v) is 11.0. The molecule has 0 spiro atoms. The van der Waals surface area contributed by atoms with Gasteiger partial charge < -0.3 is 15.2 Å². The first-order valence-corrected chi connectivity index (χ1v) is 6.38. The maximum atomic E-state index is 13.1. The van der Waals surface area contributed by atoms with Crippen molar-refractivity contribution in [2.45, 2.75) is 32.4 Å². The SMILES string of the molecule is CC(C)C(NCC1Cc2cc(F)ccc2O1)C(=O)O. The minimum Gasteiger partial charge on any atom is -0.488 e. The largest absolute Gasteiger partial charge is 0.488 e. The molecule has 4 nitrogen and oxygen atoms in total. The smallest absolute Gasteiger partial charge is 0.320 e. The van der Waals surface area contributed by atoms with Crippen LogP contribution < -0.4 is 10.1 Å². The Morgan fingerprint density at radius 3 is 2.95 bits per heavy atom. The third-order valence-corrected chi connectivity index (χ3v) is 3.26. The Labute approximate surface area is 111 Å². The second-order valence-electron chi connectivity index (χ2n) is 5.16. The van der Waals surface area contributed by atoms with E-state index in [1.54, 1.807) is 6.07 Å². The molecule has 104 valence electrons. The van der Waals surface area contributed by atoms with Gasteiger partial charge in [-0.15, -0.1) is 0 Å². The highest BCUT2D eigenvalue weighted by Gasteiger charge is 2.26. The van der Waals surface area contributed by atoms with E-state index in [0.29, 0.717) is 18.7 Å². The number of aliphatic carboxylic acids is 1. The molecule has 2 atom stereocenters. The molecular formula is C14H18FNO3. The molecule has 1 aliphatic rings. The van der Waals surface area contributed by atoms with Crippen LogP contribution in [-0.4, -0.2) is 29.8 Å². The molecule has 0 aromatic heterocycles. The van der Waals surface area contributed by atoms with Crippen molar-refractivity contribution in [3.63, 3.8) is 0 Å². The molecule has 1 aliphatic heterocycles. The molecule has 0 saturated carbocycles. The van der Waals surface area contributed by atoms with Crippen molar-refractivity contribution in [3.05, 3.63) is 29.6 Å². The fourth-order valence-electron chi connectivity index (χ4n) is 2.27. The lowest BCUT2D eigenvalue weighted by atomic mass is 10.0. The zero-order chi connectivity index (χ0) is 14.0. The van der Waals surface area contributed by atoms with Gasteiger partial charge in [0, 0.05) is 18.5 Å². The molecule has 19 heavy (non-hydrogen) atoms. The lowest BCUT2D eigenvalue weighted by molar-refractivity contribution is -0.140. The Morgan fingerprint density at radius 1 is 1.58 bits per heavy atom. The first kappa shape index (κ1) is 13.8. The monoisotopic (exact) mass is 267 g/mol. The third kappa shape index (κ3) is 3.23. The van der Waals surface area contributed by atoms with Crippen LogP contribution in [0.2, 0.25) is 0 Å². The predicted molar refractivity (Wildman–Crippen MR) is 68.8 cm³/mol. The number of carbonyl (C=O) groups is 1. The van der Waals surface area contributed by atoms with E-state index >= 15 is 0 Å². The van der Waals surface area contributed by atoms with Gasteiger partial charge in [-0.3, -0.25) is 4.79 Å². The summed E-state index contributed by atoms with van der Waals surface area (Å²) < 4.78 is 18.7. The van der Waals surface area contributed by atoms with Gasteiger partial charge in [-0.25, -0.2) is 4.39 Å². The zero-order valence-electron chi connectivity index (χ0n) is 11.0. The van der Waals surface area contributed by atoms with Gasteiger partial charge >= 0.3 is 5.97 Å². The van der Waals surface area contributed by atoms with E-state index in [2.05, 4.69) is 5.32 Å². The van der Waals surface area contributed by atoms with Crippen molar-refractivity contribution in [1.82, 2.24) is 5.32 Å². The number of halogens is 1. The molecule has 1 aromatic carbocycles. The van der Waals surface area contributed by atoms with E-state index in [0.717, 1.165) is 5.56 Å². The van der Waals surface area contributed by atoms with Crippen LogP contribution in [0.5, 0.6) is 5.75 Å². The molecule has 5 heteroatoms. The molecule has 1 heterocycles. The van der Waals surface area contributed by atoms with Gasteiger partial charge in [0.05, 0.1) is 0 Å². The highest BCUT2D eigenvalue weighted by molar-refractivity contribution is 5.73. The van der Waals surface area contributed by atoms with Crippen molar-refractivity contribution < 1.29 is 19.0 Å². The van der Waals surface area contributed by atoms with Crippen LogP contribution in [0.25, 0.3) is 0 Å². The van der Waals surface area contributed by atoms with E-state index in [4.69, 9.17) is 9.84 Å². The predicted octanol–water partition coefficient (Wildman–Crippen LogP) is 1.83. The highest BCUT2D eigenvalue weighted by atomic mass is 19.1. The molecule has 0 bridgehead atoms. The van der Waals surface area contributed by atoms with Crippen LogP contribution >= 0.6 is 0 Å². The number of hydrogen-bond acceptors (Lipinski definition) is 3. The number of carboxylic acids is 1. The number of nitrogens with one attached hydrogen (secondary N) is 1. The van der Waals surface area contributed by atoms with E-state index < -0.39 is 12.0 Å². The highest BCUT2D eigenvalue weighted by Crippen LogP contribution is 2.29. The summed E-state index contributed by atoms with van der Waals surface area (Å²) in [4.78, 5) is 11.1. The number of fused-ring (bicyclic) bond motifs is 1. The molecule has 0 saturated heterocycles. The second-order valence-corrected chi connectivity index (χ2v) is 5.16. The van der Waals surface area contributed by atoms with Gasteiger partial charge in [-0.1, -0.05) is 13.8 Å². The van der Waals surface area contributed by atoms with E-state index in [1.807, 2.05) is 13.8 Å². The fourth-order valence-corrected chi connectivity index (χ4v) is 2.27. The summed E-state index contributed by atoms with van der Waals surface area (Å²) in [5.41, 5.74) is 0.836. The summed E-state index contributed by atoms with van der Waals surface area (Å²) in [6.45, 7) is 4.14. The quantitative estimate of drug-likeness (QED) is 0.854. The van der Waals surface area contributed by atoms with E-state index in [9.17, 15) is 9.18 Å². The maximum Gasteiger partial charge on any atom is 0.320 e. The Hall–Kier alpha value is -1.62.